The average Bonchev–Trinajstić information content (AvgIpc) is 2.38. The monoisotopic (exact) mass is 266 g/mol. The molecule has 1 aliphatic carbocycles. The summed E-state index contributed by atoms with van der Waals surface area (Å²) in [4.78, 5) is 0. The van der Waals surface area contributed by atoms with E-state index in [0.29, 0.717) is 5.92 Å². The normalized spacial score (nSPS) is 26.0. The van der Waals surface area contributed by atoms with Crippen LogP contribution in [0.15, 0.2) is 18.2 Å². The third kappa shape index (κ3) is 3.07. The fourth-order valence-corrected chi connectivity index (χ4v) is 3.44. The smallest absolute Gasteiger partial charge is 0.0820 e. The minimum atomic E-state index is -0.323. The summed E-state index contributed by atoms with van der Waals surface area (Å²) >= 11 is 5.97. The lowest BCUT2D eigenvalue weighted by atomic mass is 9.76. The zero-order valence-corrected chi connectivity index (χ0v) is 12.1. The summed E-state index contributed by atoms with van der Waals surface area (Å²) in [7, 11) is 0. The molecule has 18 heavy (non-hydrogen) atoms. The number of halogens is 1. The first-order valence-corrected chi connectivity index (χ1v) is 7.43. The molecule has 0 bridgehead atoms. The lowest BCUT2D eigenvalue weighted by molar-refractivity contribution is 0.0673. The molecule has 3 unspecified atom stereocenters. The van der Waals surface area contributed by atoms with E-state index in [4.69, 9.17) is 11.6 Å². The molecule has 1 fully saturated rings. The molecule has 2 rings (SSSR count). The van der Waals surface area contributed by atoms with E-state index < -0.39 is 0 Å². The van der Waals surface area contributed by atoms with E-state index in [0.717, 1.165) is 28.5 Å². The summed E-state index contributed by atoms with van der Waals surface area (Å²) in [6.45, 7) is 4.29. The Balaban J connectivity index is 2.12. The molecule has 1 nitrogen and oxygen atoms in total. The third-order valence-electron chi connectivity index (χ3n) is 4.40. The highest BCUT2D eigenvalue weighted by Crippen LogP contribution is 2.39. The van der Waals surface area contributed by atoms with Crippen LogP contribution < -0.4 is 0 Å². The van der Waals surface area contributed by atoms with Crippen LogP contribution in [0.3, 0.4) is 0 Å². The van der Waals surface area contributed by atoms with Gasteiger partial charge in [0.2, 0.25) is 0 Å². The van der Waals surface area contributed by atoms with E-state index in [1.807, 2.05) is 25.1 Å². The molecule has 0 aliphatic heterocycles. The zero-order chi connectivity index (χ0) is 13.1. The summed E-state index contributed by atoms with van der Waals surface area (Å²) in [5.41, 5.74) is 2.16. The number of aliphatic hydroxyl groups excluding tert-OH is 1. The molecule has 1 saturated carbocycles. The summed E-state index contributed by atoms with van der Waals surface area (Å²) < 4.78 is 0. The van der Waals surface area contributed by atoms with Gasteiger partial charge in [0.15, 0.2) is 0 Å². The number of rotatable bonds is 3. The first-order chi connectivity index (χ1) is 8.61. The first kappa shape index (κ1) is 13.9. The lowest BCUT2D eigenvalue weighted by Crippen LogP contribution is -2.21. The van der Waals surface area contributed by atoms with Crippen molar-refractivity contribution in [2.45, 2.75) is 52.1 Å². The van der Waals surface area contributed by atoms with Crippen LogP contribution in [0.4, 0.5) is 0 Å². The number of aryl methyl sites for hydroxylation is 1. The maximum atomic E-state index is 10.6. The highest BCUT2D eigenvalue weighted by Gasteiger charge is 2.28. The number of hydrogen-bond acceptors (Lipinski definition) is 1. The molecule has 0 amide bonds. The van der Waals surface area contributed by atoms with Crippen molar-refractivity contribution in [2.24, 2.45) is 11.8 Å². The topological polar surface area (TPSA) is 20.2 Å². The van der Waals surface area contributed by atoms with Crippen LogP contribution in [0.5, 0.6) is 0 Å². The Hall–Kier alpha value is -0.530. The van der Waals surface area contributed by atoms with E-state index >= 15 is 0 Å². The van der Waals surface area contributed by atoms with Crippen molar-refractivity contribution in [3.05, 3.63) is 34.3 Å². The predicted octanol–water partition coefficient (Wildman–Crippen LogP) is 4.90. The van der Waals surface area contributed by atoms with E-state index in [9.17, 15) is 5.11 Å². The number of aliphatic hydroxyl groups is 1. The van der Waals surface area contributed by atoms with Crippen molar-refractivity contribution in [3.8, 4) is 0 Å². The molecule has 100 valence electrons. The Morgan fingerprint density at radius 3 is 2.83 bits per heavy atom. The molecule has 0 heterocycles. The molecule has 2 heteroatoms. The molecule has 3 atom stereocenters. The van der Waals surface area contributed by atoms with Gasteiger partial charge in [-0.05, 0) is 54.9 Å². The summed E-state index contributed by atoms with van der Waals surface area (Å²) in [6.07, 6.45) is 5.82. The highest BCUT2D eigenvalue weighted by atomic mass is 35.5. The van der Waals surface area contributed by atoms with Crippen molar-refractivity contribution >= 4 is 11.6 Å². The largest absolute Gasteiger partial charge is 0.388 e. The molecule has 0 spiro atoms. The first-order valence-electron chi connectivity index (χ1n) is 7.06. The Bertz CT molecular complexity index is 402. The highest BCUT2D eigenvalue weighted by molar-refractivity contribution is 6.30. The zero-order valence-electron chi connectivity index (χ0n) is 11.3. The van der Waals surface area contributed by atoms with Gasteiger partial charge in [-0.15, -0.1) is 0 Å². The van der Waals surface area contributed by atoms with Gasteiger partial charge in [-0.1, -0.05) is 43.9 Å². The van der Waals surface area contributed by atoms with E-state index in [-0.39, 0.29) is 6.10 Å². The lowest BCUT2D eigenvalue weighted by Gasteiger charge is -2.32. The van der Waals surface area contributed by atoms with E-state index in [2.05, 4.69) is 6.92 Å². The van der Waals surface area contributed by atoms with Crippen molar-refractivity contribution in [1.82, 2.24) is 0 Å². The van der Waals surface area contributed by atoms with Crippen molar-refractivity contribution < 1.29 is 5.11 Å². The van der Waals surface area contributed by atoms with Gasteiger partial charge in [0, 0.05) is 5.02 Å². The Kier molecular flexibility index (Phi) is 4.69. The van der Waals surface area contributed by atoms with Gasteiger partial charge in [-0.25, -0.2) is 0 Å². The van der Waals surface area contributed by atoms with E-state index in [1.165, 1.54) is 25.7 Å². The van der Waals surface area contributed by atoms with Crippen LogP contribution in [0, 0.1) is 18.8 Å². The van der Waals surface area contributed by atoms with Gasteiger partial charge in [0.1, 0.15) is 0 Å². The molecule has 0 aromatic heterocycles. The Labute approximate surface area is 115 Å². The molecule has 0 saturated heterocycles. The van der Waals surface area contributed by atoms with E-state index in [1.54, 1.807) is 0 Å². The van der Waals surface area contributed by atoms with Gasteiger partial charge < -0.3 is 5.11 Å². The van der Waals surface area contributed by atoms with Crippen LogP contribution in [-0.2, 0) is 0 Å². The summed E-state index contributed by atoms with van der Waals surface area (Å²) in [6, 6.07) is 5.81. The molecule has 1 aliphatic rings. The van der Waals surface area contributed by atoms with Crippen LogP contribution in [-0.4, -0.2) is 5.11 Å². The van der Waals surface area contributed by atoms with Crippen LogP contribution >= 0.6 is 11.6 Å². The average molecular weight is 267 g/mol. The quantitative estimate of drug-likeness (QED) is 0.825. The van der Waals surface area contributed by atoms with Crippen molar-refractivity contribution in [2.75, 3.05) is 0 Å². The maximum absolute atomic E-state index is 10.6. The molecule has 1 aromatic rings. The minimum Gasteiger partial charge on any atom is -0.388 e. The Morgan fingerprint density at radius 2 is 2.17 bits per heavy atom. The van der Waals surface area contributed by atoms with Gasteiger partial charge >= 0.3 is 0 Å². The minimum absolute atomic E-state index is 0.323. The fraction of sp³-hybridized carbons (Fsp3) is 0.625. The van der Waals surface area contributed by atoms with Gasteiger partial charge in [0.25, 0.3) is 0 Å². The Morgan fingerprint density at radius 1 is 1.39 bits per heavy atom. The molecular formula is C16H23ClO. The summed E-state index contributed by atoms with van der Waals surface area (Å²) in [5.74, 6) is 1.22. The van der Waals surface area contributed by atoms with Crippen molar-refractivity contribution in [1.29, 1.82) is 0 Å². The molecular weight excluding hydrogens is 244 g/mol. The van der Waals surface area contributed by atoms with Crippen LogP contribution in [0.25, 0.3) is 0 Å². The maximum Gasteiger partial charge on any atom is 0.0820 e. The number of benzene rings is 1. The predicted molar refractivity (Wildman–Crippen MR) is 76.9 cm³/mol. The van der Waals surface area contributed by atoms with Crippen molar-refractivity contribution in [3.63, 3.8) is 0 Å². The second-order valence-electron chi connectivity index (χ2n) is 5.65. The fourth-order valence-electron chi connectivity index (χ4n) is 3.22. The summed E-state index contributed by atoms with van der Waals surface area (Å²) in [5, 5.41) is 11.3. The second kappa shape index (κ2) is 6.08. The van der Waals surface area contributed by atoms with Gasteiger partial charge in [-0.2, -0.15) is 0 Å². The molecule has 1 N–H and O–H groups in total. The van der Waals surface area contributed by atoms with Crippen LogP contribution in [0.2, 0.25) is 5.02 Å². The SMILES string of the molecule is CCC1CCCC(C(O)c2ccc(Cl)cc2C)C1. The molecule has 1 aromatic carbocycles. The van der Waals surface area contributed by atoms with Crippen LogP contribution in [0.1, 0.15) is 56.3 Å². The standard InChI is InChI=1S/C16H23ClO/c1-3-12-5-4-6-13(10-12)16(18)15-8-7-14(17)9-11(15)2/h7-9,12-13,16,18H,3-6,10H2,1-2H3. The molecule has 0 radical (unpaired) electrons. The second-order valence-corrected chi connectivity index (χ2v) is 6.08. The van der Waals surface area contributed by atoms with Gasteiger partial charge in [0.05, 0.1) is 6.10 Å². The van der Waals surface area contributed by atoms with Gasteiger partial charge in [-0.3, -0.25) is 0 Å². The third-order valence-corrected chi connectivity index (χ3v) is 4.63. The number of hydrogen-bond donors (Lipinski definition) is 1.